The van der Waals surface area contributed by atoms with Gasteiger partial charge in [0.25, 0.3) is 0 Å². The Balaban J connectivity index is 1.33. The van der Waals surface area contributed by atoms with Crippen molar-refractivity contribution >= 4 is 0 Å². The molecule has 192 valence electrons. The van der Waals surface area contributed by atoms with Gasteiger partial charge in [-0.3, -0.25) is 9.97 Å². The van der Waals surface area contributed by atoms with Crippen LogP contribution >= 0.6 is 0 Å². The number of aryl methyl sites for hydroxylation is 2. The standard InChI is InChI=1S/C33H30N6/c1-33(2,29-19-11-17-25(34-29)27-21-38(3)31(36-27)23-13-7-5-8-14-23)30-20-12-18-26(35-30)28-22-39(4)32(37-28)24-15-9-6-10-16-24/h5-22H,1-4H3. The summed E-state index contributed by atoms with van der Waals surface area (Å²) in [6.07, 6.45) is 4.07. The molecular formula is C33H30N6. The molecule has 6 heteroatoms. The van der Waals surface area contributed by atoms with Gasteiger partial charge in [-0.05, 0) is 38.1 Å². The summed E-state index contributed by atoms with van der Waals surface area (Å²) in [5.74, 6) is 1.83. The minimum absolute atomic E-state index is 0.430. The minimum atomic E-state index is -0.430. The molecule has 0 aliphatic rings. The van der Waals surface area contributed by atoms with Crippen molar-refractivity contribution in [1.29, 1.82) is 0 Å². The maximum atomic E-state index is 5.06. The molecule has 0 aliphatic heterocycles. The van der Waals surface area contributed by atoms with Gasteiger partial charge in [-0.1, -0.05) is 72.8 Å². The van der Waals surface area contributed by atoms with Gasteiger partial charge in [0.1, 0.15) is 23.0 Å². The van der Waals surface area contributed by atoms with E-state index in [1.807, 2.05) is 96.3 Å². The van der Waals surface area contributed by atoms with Crippen LogP contribution in [-0.4, -0.2) is 29.1 Å². The molecule has 0 radical (unpaired) electrons. The van der Waals surface area contributed by atoms with Crippen molar-refractivity contribution in [2.45, 2.75) is 19.3 Å². The van der Waals surface area contributed by atoms with Crippen molar-refractivity contribution in [2.75, 3.05) is 0 Å². The highest BCUT2D eigenvalue weighted by Crippen LogP contribution is 2.32. The third kappa shape index (κ3) is 4.66. The Morgan fingerprint density at radius 1 is 0.462 bits per heavy atom. The van der Waals surface area contributed by atoms with Crippen LogP contribution in [0.15, 0.2) is 109 Å². The van der Waals surface area contributed by atoms with Crippen LogP contribution in [0.3, 0.4) is 0 Å². The number of benzene rings is 2. The third-order valence-electron chi connectivity index (χ3n) is 7.12. The summed E-state index contributed by atoms with van der Waals surface area (Å²) in [5, 5.41) is 0. The summed E-state index contributed by atoms with van der Waals surface area (Å²) in [5.41, 5.74) is 6.96. The highest BCUT2D eigenvalue weighted by Gasteiger charge is 2.28. The van der Waals surface area contributed by atoms with E-state index >= 15 is 0 Å². The van der Waals surface area contributed by atoms with Gasteiger partial charge < -0.3 is 9.13 Å². The zero-order valence-corrected chi connectivity index (χ0v) is 22.6. The summed E-state index contributed by atoms with van der Waals surface area (Å²) in [7, 11) is 4.03. The monoisotopic (exact) mass is 510 g/mol. The van der Waals surface area contributed by atoms with Crippen molar-refractivity contribution in [1.82, 2.24) is 29.1 Å². The zero-order valence-electron chi connectivity index (χ0n) is 22.6. The molecule has 4 heterocycles. The fraction of sp³-hybridized carbons (Fsp3) is 0.152. The second-order valence-corrected chi connectivity index (χ2v) is 10.3. The normalized spacial score (nSPS) is 11.6. The van der Waals surface area contributed by atoms with Crippen LogP contribution in [0.1, 0.15) is 25.2 Å². The molecule has 0 spiro atoms. The molecule has 39 heavy (non-hydrogen) atoms. The fourth-order valence-corrected chi connectivity index (χ4v) is 4.87. The van der Waals surface area contributed by atoms with Gasteiger partial charge in [-0.25, -0.2) is 9.97 Å². The van der Waals surface area contributed by atoms with Crippen molar-refractivity contribution in [3.63, 3.8) is 0 Å². The predicted octanol–water partition coefficient (Wildman–Crippen LogP) is 6.94. The molecule has 0 aliphatic carbocycles. The van der Waals surface area contributed by atoms with Crippen LogP contribution in [-0.2, 0) is 19.5 Å². The lowest BCUT2D eigenvalue weighted by Gasteiger charge is -2.24. The summed E-state index contributed by atoms with van der Waals surface area (Å²) < 4.78 is 4.09. The number of hydrogen-bond donors (Lipinski definition) is 0. The Morgan fingerprint density at radius 2 is 0.872 bits per heavy atom. The van der Waals surface area contributed by atoms with E-state index in [2.05, 4.69) is 50.2 Å². The van der Waals surface area contributed by atoms with Crippen LogP contribution in [0.25, 0.3) is 45.6 Å². The van der Waals surface area contributed by atoms with Gasteiger partial charge in [-0.2, -0.15) is 0 Å². The van der Waals surface area contributed by atoms with Crippen LogP contribution in [0, 0.1) is 0 Å². The number of imidazole rings is 2. The minimum Gasteiger partial charge on any atom is -0.333 e. The van der Waals surface area contributed by atoms with Crippen molar-refractivity contribution in [3.05, 3.63) is 121 Å². The molecule has 0 N–H and O–H groups in total. The molecule has 0 saturated heterocycles. The predicted molar refractivity (Wildman–Crippen MR) is 156 cm³/mol. The first kappa shape index (κ1) is 24.5. The lowest BCUT2D eigenvalue weighted by atomic mass is 9.84. The van der Waals surface area contributed by atoms with Crippen LogP contribution in [0.2, 0.25) is 0 Å². The molecular weight excluding hydrogens is 480 g/mol. The van der Waals surface area contributed by atoms with Gasteiger partial charge in [-0.15, -0.1) is 0 Å². The first-order valence-corrected chi connectivity index (χ1v) is 13.0. The van der Waals surface area contributed by atoms with E-state index in [1.54, 1.807) is 0 Å². The lowest BCUT2D eigenvalue weighted by Crippen LogP contribution is -2.22. The number of aromatic nitrogens is 6. The summed E-state index contributed by atoms with van der Waals surface area (Å²) in [6, 6.07) is 32.7. The third-order valence-corrected chi connectivity index (χ3v) is 7.12. The van der Waals surface area contributed by atoms with Crippen molar-refractivity contribution < 1.29 is 0 Å². The quantitative estimate of drug-likeness (QED) is 0.244. The van der Waals surface area contributed by atoms with Crippen LogP contribution in [0.5, 0.6) is 0 Å². The largest absolute Gasteiger partial charge is 0.333 e. The average molecular weight is 511 g/mol. The van der Waals surface area contributed by atoms with E-state index in [0.717, 1.165) is 56.9 Å². The number of nitrogens with zero attached hydrogens (tertiary/aromatic N) is 6. The van der Waals surface area contributed by atoms with E-state index in [9.17, 15) is 0 Å². The maximum Gasteiger partial charge on any atom is 0.140 e. The van der Waals surface area contributed by atoms with Gasteiger partial charge in [0.15, 0.2) is 0 Å². The smallest absolute Gasteiger partial charge is 0.140 e. The molecule has 0 unspecified atom stereocenters. The number of pyridine rings is 2. The van der Waals surface area contributed by atoms with E-state index in [0.29, 0.717) is 0 Å². The first-order chi connectivity index (χ1) is 18.9. The average Bonchev–Trinajstić information content (AvgIpc) is 3.57. The SMILES string of the molecule is Cn1cc(-c2cccc(C(C)(C)c3cccc(-c4cn(C)c(-c5ccccc5)n4)n3)n2)nc1-c1ccccc1. The second kappa shape index (κ2) is 9.80. The van der Waals surface area contributed by atoms with E-state index in [4.69, 9.17) is 19.9 Å². The van der Waals surface area contributed by atoms with Crippen molar-refractivity contribution in [3.8, 4) is 45.6 Å². The summed E-state index contributed by atoms with van der Waals surface area (Å²) in [6.45, 7) is 4.32. The highest BCUT2D eigenvalue weighted by molar-refractivity contribution is 5.64. The van der Waals surface area contributed by atoms with Crippen LogP contribution < -0.4 is 0 Å². The van der Waals surface area contributed by atoms with Crippen LogP contribution in [0.4, 0.5) is 0 Å². The molecule has 0 atom stereocenters. The Labute approximate surface area is 228 Å². The second-order valence-electron chi connectivity index (χ2n) is 10.3. The van der Waals surface area contributed by atoms with Gasteiger partial charge >= 0.3 is 0 Å². The van der Waals surface area contributed by atoms with E-state index in [1.165, 1.54) is 0 Å². The molecule has 2 aromatic carbocycles. The lowest BCUT2D eigenvalue weighted by molar-refractivity contribution is 0.596. The molecule has 0 fully saturated rings. The molecule has 0 bridgehead atoms. The fourth-order valence-electron chi connectivity index (χ4n) is 4.87. The molecule has 6 rings (SSSR count). The van der Waals surface area contributed by atoms with Crippen molar-refractivity contribution in [2.24, 2.45) is 14.1 Å². The van der Waals surface area contributed by atoms with Gasteiger partial charge in [0.05, 0.1) is 22.8 Å². The Kier molecular flexibility index (Phi) is 6.15. The number of rotatable bonds is 6. The maximum absolute atomic E-state index is 5.06. The molecule has 6 nitrogen and oxygen atoms in total. The molecule has 6 aromatic rings. The van der Waals surface area contributed by atoms with E-state index in [-0.39, 0.29) is 0 Å². The van der Waals surface area contributed by atoms with E-state index < -0.39 is 5.41 Å². The molecule has 4 aromatic heterocycles. The molecule has 0 amide bonds. The topological polar surface area (TPSA) is 61.4 Å². The van der Waals surface area contributed by atoms with Gasteiger partial charge in [0.2, 0.25) is 0 Å². The Bertz CT molecular complexity index is 1620. The Morgan fingerprint density at radius 3 is 1.28 bits per heavy atom. The Hall–Kier alpha value is -4.84. The number of hydrogen-bond acceptors (Lipinski definition) is 4. The van der Waals surface area contributed by atoms with Gasteiger partial charge in [0, 0.05) is 43.0 Å². The first-order valence-electron chi connectivity index (χ1n) is 13.0. The highest BCUT2D eigenvalue weighted by atomic mass is 15.1. The summed E-state index contributed by atoms with van der Waals surface area (Å²) >= 11 is 0. The summed E-state index contributed by atoms with van der Waals surface area (Å²) in [4.78, 5) is 19.9. The molecule has 0 saturated carbocycles. The zero-order chi connectivity index (χ0) is 27.0.